The van der Waals surface area contributed by atoms with Crippen molar-refractivity contribution in [1.82, 2.24) is 16.1 Å². The molecule has 4 amide bonds. The van der Waals surface area contributed by atoms with Gasteiger partial charge >= 0.3 is 6.03 Å². The quantitative estimate of drug-likeness (QED) is 0.383. The maximum atomic E-state index is 11.6. The molecule has 0 aromatic rings. The Morgan fingerprint density at radius 2 is 1.95 bits per heavy atom. The van der Waals surface area contributed by atoms with Crippen LogP contribution in [0, 0.1) is 5.92 Å². The van der Waals surface area contributed by atoms with Crippen LogP contribution in [0.1, 0.15) is 19.8 Å². The van der Waals surface area contributed by atoms with Crippen LogP contribution in [0.25, 0.3) is 0 Å². The molecule has 1 fully saturated rings. The van der Waals surface area contributed by atoms with E-state index in [4.69, 9.17) is 0 Å². The van der Waals surface area contributed by atoms with E-state index in [1.165, 1.54) is 0 Å². The molecule has 1 aliphatic carbocycles. The number of amides is 4. The molecule has 0 spiro atoms. The van der Waals surface area contributed by atoms with E-state index in [1.807, 2.05) is 28.9 Å². The maximum Gasteiger partial charge on any atom is 0.328 e. The average molecular weight is 262 g/mol. The molecule has 0 aromatic heterocycles. The number of hydrogen-bond acceptors (Lipinski definition) is 5. The number of nitrogens with zero attached hydrogens (tertiary/aromatic N) is 1. The fraction of sp³-hybridized carbons (Fsp3) is 0.333. The van der Waals surface area contributed by atoms with Crippen molar-refractivity contribution in [1.29, 1.82) is 0 Å². The lowest BCUT2D eigenvalue weighted by atomic mass is 10.0. The number of carbonyl (C=O) groups is 3. The van der Waals surface area contributed by atoms with E-state index in [-0.39, 0.29) is 0 Å². The van der Waals surface area contributed by atoms with Gasteiger partial charge in [-0.1, -0.05) is 12.2 Å². The molecule has 0 saturated carbocycles. The fourth-order valence-corrected chi connectivity index (χ4v) is 1.81. The van der Waals surface area contributed by atoms with Gasteiger partial charge in [-0.25, -0.2) is 4.79 Å². The first-order valence-electron chi connectivity index (χ1n) is 5.90. The zero-order valence-electron chi connectivity index (χ0n) is 10.4. The molecule has 0 aromatic carbocycles. The molecule has 7 heteroatoms. The van der Waals surface area contributed by atoms with Crippen molar-refractivity contribution in [3.05, 3.63) is 23.9 Å². The minimum absolute atomic E-state index is 0.294. The van der Waals surface area contributed by atoms with Crippen LogP contribution in [-0.4, -0.2) is 23.6 Å². The molecule has 7 nitrogen and oxygen atoms in total. The Bertz CT molecular complexity index is 499. The highest BCUT2D eigenvalue weighted by Crippen LogP contribution is 2.08. The van der Waals surface area contributed by atoms with Gasteiger partial charge in [-0.3, -0.25) is 25.6 Å². The van der Waals surface area contributed by atoms with Crippen LogP contribution in [0.5, 0.6) is 0 Å². The minimum Gasteiger partial charge on any atom is -0.279 e. The summed E-state index contributed by atoms with van der Waals surface area (Å²) < 4.78 is 0. The molecule has 1 saturated heterocycles. The Morgan fingerprint density at radius 3 is 2.53 bits per heavy atom. The molecule has 2 aliphatic rings. The highest BCUT2D eigenvalue weighted by Gasteiger charge is 2.36. The second-order valence-corrected chi connectivity index (χ2v) is 4.24. The van der Waals surface area contributed by atoms with Crippen molar-refractivity contribution in [2.75, 3.05) is 0 Å². The molecule has 3 N–H and O–H groups in total. The van der Waals surface area contributed by atoms with E-state index in [0.29, 0.717) is 5.71 Å². The summed E-state index contributed by atoms with van der Waals surface area (Å²) in [5.41, 5.74) is 3.90. The number of imide groups is 2. The third kappa shape index (κ3) is 3.06. The second-order valence-electron chi connectivity index (χ2n) is 4.24. The van der Waals surface area contributed by atoms with Gasteiger partial charge in [0.15, 0.2) is 5.92 Å². The Balaban J connectivity index is 2.05. The minimum atomic E-state index is -1.08. The van der Waals surface area contributed by atoms with E-state index >= 15 is 0 Å². The van der Waals surface area contributed by atoms with Crippen LogP contribution in [0.2, 0.25) is 0 Å². The summed E-state index contributed by atoms with van der Waals surface area (Å²) in [6.45, 7) is 1.56. The van der Waals surface area contributed by atoms with Crippen molar-refractivity contribution < 1.29 is 14.4 Å². The number of rotatable bonds is 3. The molecule has 0 bridgehead atoms. The molecule has 0 radical (unpaired) electrons. The maximum absolute atomic E-state index is 11.6. The van der Waals surface area contributed by atoms with Crippen molar-refractivity contribution in [2.45, 2.75) is 19.8 Å². The number of carbonyl (C=O) groups excluding carboxylic acids is 3. The topological polar surface area (TPSA) is 99.7 Å². The summed E-state index contributed by atoms with van der Waals surface area (Å²) >= 11 is 0. The molecule has 1 aliphatic heterocycles. The first kappa shape index (κ1) is 13.0. The van der Waals surface area contributed by atoms with E-state index in [0.717, 1.165) is 18.5 Å². The number of nitrogens with one attached hydrogen (secondary N) is 3. The Morgan fingerprint density at radius 1 is 1.26 bits per heavy atom. The summed E-state index contributed by atoms with van der Waals surface area (Å²) in [4.78, 5) is 34.1. The molecule has 2 rings (SSSR count). The Hall–Kier alpha value is -2.44. The third-order valence-electron chi connectivity index (χ3n) is 2.77. The van der Waals surface area contributed by atoms with E-state index in [1.54, 1.807) is 6.92 Å². The number of barbiturate groups is 1. The van der Waals surface area contributed by atoms with Gasteiger partial charge in [0, 0.05) is 0 Å². The summed E-state index contributed by atoms with van der Waals surface area (Å²) in [5, 5.41) is 8.07. The first-order chi connectivity index (χ1) is 9.08. The Kier molecular flexibility index (Phi) is 3.74. The smallest absolute Gasteiger partial charge is 0.279 e. The summed E-state index contributed by atoms with van der Waals surface area (Å²) in [7, 11) is 0. The van der Waals surface area contributed by atoms with Crippen molar-refractivity contribution in [3.8, 4) is 0 Å². The van der Waals surface area contributed by atoms with Gasteiger partial charge in [0.1, 0.15) is 0 Å². The number of urea groups is 1. The normalized spacial score (nSPS) is 20.8. The van der Waals surface area contributed by atoms with Gasteiger partial charge in [-0.15, -0.1) is 0 Å². The highest BCUT2D eigenvalue weighted by atomic mass is 16.2. The van der Waals surface area contributed by atoms with E-state index in [2.05, 4.69) is 10.5 Å². The monoisotopic (exact) mass is 262 g/mol. The van der Waals surface area contributed by atoms with Crippen LogP contribution in [0.15, 0.2) is 29.0 Å². The lowest BCUT2D eigenvalue weighted by molar-refractivity contribution is -0.132. The third-order valence-corrected chi connectivity index (χ3v) is 2.77. The lowest BCUT2D eigenvalue weighted by Gasteiger charge is -2.20. The summed E-state index contributed by atoms with van der Waals surface area (Å²) in [6, 6.07) is -0.801. The molecule has 0 atom stereocenters. The molecule has 0 unspecified atom stereocenters. The van der Waals surface area contributed by atoms with Crippen LogP contribution in [0.4, 0.5) is 4.79 Å². The predicted molar refractivity (Wildman–Crippen MR) is 67.9 cm³/mol. The molecular weight excluding hydrogens is 248 g/mol. The Labute approximate surface area is 109 Å². The second kappa shape index (κ2) is 5.47. The standard InChI is InChI=1S/C12H14N4O3/c1-7(15-16-8-5-3-2-4-6-8)9-10(17)13-12(19)14-11(9)18/h3,5-6,9,16H,2,4H2,1H3,(H2,13,14,17,18,19)/b15-7+. The lowest BCUT2D eigenvalue weighted by Crippen LogP contribution is -2.57. The highest BCUT2D eigenvalue weighted by molar-refractivity contribution is 6.27. The van der Waals surface area contributed by atoms with Gasteiger partial charge in [0.2, 0.25) is 11.8 Å². The predicted octanol–water partition coefficient (Wildman–Crippen LogP) is 0.168. The van der Waals surface area contributed by atoms with Gasteiger partial charge in [0.25, 0.3) is 0 Å². The first-order valence-corrected chi connectivity index (χ1v) is 5.90. The van der Waals surface area contributed by atoms with Crippen LogP contribution in [-0.2, 0) is 9.59 Å². The van der Waals surface area contributed by atoms with Crippen molar-refractivity contribution in [2.24, 2.45) is 11.0 Å². The number of allylic oxidation sites excluding steroid dienone is 3. The molecule has 19 heavy (non-hydrogen) atoms. The van der Waals surface area contributed by atoms with Crippen molar-refractivity contribution in [3.63, 3.8) is 0 Å². The van der Waals surface area contributed by atoms with Gasteiger partial charge in [0.05, 0.1) is 11.4 Å². The largest absolute Gasteiger partial charge is 0.328 e. The number of hydrazone groups is 1. The zero-order chi connectivity index (χ0) is 13.8. The van der Waals surface area contributed by atoms with Crippen LogP contribution < -0.4 is 16.1 Å². The average Bonchev–Trinajstić information content (AvgIpc) is 2.36. The molecular formula is C12H14N4O3. The van der Waals surface area contributed by atoms with Crippen LogP contribution >= 0.6 is 0 Å². The zero-order valence-corrected chi connectivity index (χ0v) is 10.4. The molecule has 100 valence electrons. The number of hydrogen-bond donors (Lipinski definition) is 3. The van der Waals surface area contributed by atoms with Crippen molar-refractivity contribution >= 4 is 23.6 Å². The van der Waals surface area contributed by atoms with E-state index < -0.39 is 23.8 Å². The van der Waals surface area contributed by atoms with Gasteiger partial charge in [-0.05, 0) is 25.8 Å². The SMILES string of the molecule is C/C(=N\NC1=CCCC=C1)C1C(=O)NC(=O)NC1=O. The van der Waals surface area contributed by atoms with Gasteiger partial charge < -0.3 is 0 Å². The summed E-state index contributed by atoms with van der Waals surface area (Å²) in [5.74, 6) is -2.41. The van der Waals surface area contributed by atoms with Crippen LogP contribution in [0.3, 0.4) is 0 Å². The van der Waals surface area contributed by atoms with Gasteiger partial charge in [-0.2, -0.15) is 5.10 Å². The molecule has 1 heterocycles. The van der Waals surface area contributed by atoms with E-state index in [9.17, 15) is 14.4 Å². The summed E-state index contributed by atoms with van der Waals surface area (Å²) in [6.07, 6.45) is 7.77. The fourth-order valence-electron chi connectivity index (χ4n) is 1.81.